The van der Waals surface area contributed by atoms with Crippen LogP contribution in [0.2, 0.25) is 0 Å². The van der Waals surface area contributed by atoms with E-state index in [1.807, 2.05) is 35.4 Å². The highest BCUT2D eigenvalue weighted by Crippen LogP contribution is 2.26. The van der Waals surface area contributed by atoms with E-state index in [1.54, 1.807) is 0 Å². The van der Waals surface area contributed by atoms with Gasteiger partial charge in [0.15, 0.2) is 0 Å². The molecular weight excluding hydrogens is 320 g/mol. The van der Waals surface area contributed by atoms with Gasteiger partial charge in [-0.15, -0.1) is 11.3 Å². The SMILES string of the molecule is Cc1nc(C(=O)N2CCc3[nH]nc(-c4ccccc4)c3CC2)cs1. The van der Waals surface area contributed by atoms with E-state index in [1.165, 1.54) is 16.9 Å². The second kappa shape index (κ2) is 6.20. The van der Waals surface area contributed by atoms with Crippen molar-refractivity contribution < 1.29 is 4.79 Å². The van der Waals surface area contributed by atoms with Gasteiger partial charge in [0.2, 0.25) is 0 Å². The van der Waals surface area contributed by atoms with Crippen molar-refractivity contribution in [1.82, 2.24) is 20.1 Å². The summed E-state index contributed by atoms with van der Waals surface area (Å²) in [7, 11) is 0. The van der Waals surface area contributed by atoms with Crippen LogP contribution >= 0.6 is 11.3 Å². The predicted octanol–water partition coefficient (Wildman–Crippen LogP) is 3.08. The number of hydrogen-bond acceptors (Lipinski definition) is 4. The van der Waals surface area contributed by atoms with Crippen LogP contribution in [0, 0.1) is 6.92 Å². The highest BCUT2D eigenvalue weighted by molar-refractivity contribution is 7.09. The van der Waals surface area contributed by atoms with Crippen molar-refractivity contribution in [2.45, 2.75) is 19.8 Å². The zero-order valence-electron chi connectivity index (χ0n) is 13.5. The first kappa shape index (κ1) is 15.1. The van der Waals surface area contributed by atoms with Gasteiger partial charge in [0.25, 0.3) is 5.91 Å². The molecule has 0 radical (unpaired) electrons. The lowest BCUT2D eigenvalue weighted by Crippen LogP contribution is -2.33. The maximum atomic E-state index is 12.6. The van der Waals surface area contributed by atoms with E-state index in [0.717, 1.165) is 34.8 Å². The summed E-state index contributed by atoms with van der Waals surface area (Å²) in [4.78, 5) is 18.9. The number of hydrogen-bond donors (Lipinski definition) is 1. The van der Waals surface area contributed by atoms with Crippen molar-refractivity contribution in [1.29, 1.82) is 0 Å². The van der Waals surface area contributed by atoms with Gasteiger partial charge in [-0.3, -0.25) is 9.89 Å². The Morgan fingerprint density at radius 2 is 2.00 bits per heavy atom. The zero-order chi connectivity index (χ0) is 16.5. The number of nitrogens with one attached hydrogen (secondary N) is 1. The van der Waals surface area contributed by atoms with Crippen LogP contribution in [0.1, 0.15) is 26.8 Å². The molecule has 0 unspecified atom stereocenters. The average Bonchev–Trinajstić information content (AvgIpc) is 3.16. The molecule has 0 spiro atoms. The Hall–Kier alpha value is -2.47. The van der Waals surface area contributed by atoms with Crippen LogP contribution < -0.4 is 0 Å². The van der Waals surface area contributed by atoms with Crippen LogP contribution in [0.3, 0.4) is 0 Å². The molecule has 3 heterocycles. The third-order valence-electron chi connectivity index (χ3n) is 4.39. The first-order chi connectivity index (χ1) is 11.7. The van der Waals surface area contributed by atoms with Crippen LogP contribution in [0.5, 0.6) is 0 Å². The van der Waals surface area contributed by atoms with Crippen molar-refractivity contribution in [2.24, 2.45) is 0 Å². The largest absolute Gasteiger partial charge is 0.337 e. The number of amides is 1. The lowest BCUT2D eigenvalue weighted by Gasteiger charge is -2.19. The molecule has 24 heavy (non-hydrogen) atoms. The fraction of sp³-hybridized carbons (Fsp3) is 0.278. The normalized spacial score (nSPS) is 14.3. The Balaban J connectivity index is 1.57. The molecule has 1 aliphatic rings. The second-order valence-corrected chi connectivity index (χ2v) is 7.00. The molecule has 5 nitrogen and oxygen atoms in total. The van der Waals surface area contributed by atoms with Crippen LogP contribution in [-0.2, 0) is 12.8 Å². The highest BCUT2D eigenvalue weighted by atomic mass is 32.1. The van der Waals surface area contributed by atoms with Gasteiger partial charge in [-0.2, -0.15) is 5.10 Å². The van der Waals surface area contributed by atoms with E-state index >= 15 is 0 Å². The fourth-order valence-corrected chi connectivity index (χ4v) is 3.73. The molecular formula is C18H18N4OS. The van der Waals surface area contributed by atoms with Gasteiger partial charge in [0, 0.05) is 41.7 Å². The van der Waals surface area contributed by atoms with E-state index < -0.39 is 0 Å². The number of thiazole rings is 1. The smallest absolute Gasteiger partial charge is 0.273 e. The maximum Gasteiger partial charge on any atom is 0.273 e. The number of H-pyrrole nitrogens is 1. The minimum atomic E-state index is 0.0266. The van der Waals surface area contributed by atoms with E-state index in [-0.39, 0.29) is 5.91 Å². The first-order valence-corrected chi connectivity index (χ1v) is 8.93. The molecule has 0 atom stereocenters. The number of nitrogens with zero attached hydrogens (tertiary/aromatic N) is 3. The second-order valence-electron chi connectivity index (χ2n) is 5.94. The van der Waals surface area contributed by atoms with Gasteiger partial charge in [-0.05, 0) is 13.3 Å². The summed E-state index contributed by atoms with van der Waals surface area (Å²) in [5.74, 6) is 0.0266. The summed E-state index contributed by atoms with van der Waals surface area (Å²) >= 11 is 1.52. The molecule has 6 heteroatoms. The zero-order valence-corrected chi connectivity index (χ0v) is 14.3. The fourth-order valence-electron chi connectivity index (χ4n) is 3.14. The van der Waals surface area contributed by atoms with Crippen LogP contribution in [0.4, 0.5) is 0 Å². The Kier molecular flexibility index (Phi) is 3.90. The lowest BCUT2D eigenvalue weighted by molar-refractivity contribution is 0.0757. The first-order valence-electron chi connectivity index (χ1n) is 8.05. The molecule has 2 aromatic heterocycles. The average molecular weight is 338 g/mol. The van der Waals surface area contributed by atoms with Gasteiger partial charge in [0.1, 0.15) is 5.69 Å². The summed E-state index contributed by atoms with van der Waals surface area (Å²) in [5.41, 5.74) is 5.04. The topological polar surface area (TPSA) is 61.9 Å². The summed E-state index contributed by atoms with van der Waals surface area (Å²) in [6.07, 6.45) is 1.61. The number of carbonyl (C=O) groups is 1. The van der Waals surface area contributed by atoms with E-state index in [2.05, 4.69) is 27.3 Å². The van der Waals surface area contributed by atoms with Gasteiger partial charge >= 0.3 is 0 Å². The molecule has 1 aliphatic heterocycles. The Morgan fingerprint density at radius 1 is 1.21 bits per heavy atom. The minimum Gasteiger partial charge on any atom is -0.337 e. The standard InChI is InChI=1S/C18H18N4OS/c1-12-19-16(11-24-12)18(23)22-9-7-14-15(8-10-22)20-21-17(14)13-5-3-2-4-6-13/h2-6,11H,7-10H2,1H3,(H,20,21). The highest BCUT2D eigenvalue weighted by Gasteiger charge is 2.24. The number of aromatic nitrogens is 3. The van der Waals surface area contributed by atoms with Crippen molar-refractivity contribution in [2.75, 3.05) is 13.1 Å². The Bertz CT molecular complexity index is 868. The summed E-state index contributed by atoms with van der Waals surface area (Å²) in [6, 6.07) is 10.2. The summed E-state index contributed by atoms with van der Waals surface area (Å²) < 4.78 is 0. The van der Waals surface area contributed by atoms with Gasteiger partial charge in [0.05, 0.1) is 10.7 Å². The summed E-state index contributed by atoms with van der Waals surface area (Å²) in [5, 5.41) is 10.4. The lowest BCUT2D eigenvalue weighted by atomic mass is 10.0. The van der Waals surface area contributed by atoms with Crippen molar-refractivity contribution >= 4 is 17.2 Å². The van der Waals surface area contributed by atoms with Crippen molar-refractivity contribution in [3.05, 3.63) is 57.7 Å². The van der Waals surface area contributed by atoms with Gasteiger partial charge in [-0.1, -0.05) is 30.3 Å². The molecule has 0 fully saturated rings. The molecule has 3 aromatic rings. The monoisotopic (exact) mass is 338 g/mol. The Morgan fingerprint density at radius 3 is 2.75 bits per heavy atom. The summed E-state index contributed by atoms with van der Waals surface area (Å²) in [6.45, 7) is 3.31. The maximum absolute atomic E-state index is 12.6. The molecule has 0 saturated heterocycles. The third kappa shape index (κ3) is 2.73. The molecule has 4 rings (SSSR count). The number of carbonyl (C=O) groups excluding carboxylic acids is 1. The van der Waals surface area contributed by atoms with Gasteiger partial charge < -0.3 is 4.90 Å². The Labute approximate surface area is 144 Å². The van der Waals surface area contributed by atoms with Gasteiger partial charge in [-0.25, -0.2) is 4.98 Å². The molecule has 0 aliphatic carbocycles. The number of aryl methyl sites for hydroxylation is 1. The molecule has 1 N–H and O–H groups in total. The van der Waals surface area contributed by atoms with Crippen molar-refractivity contribution in [3.63, 3.8) is 0 Å². The van der Waals surface area contributed by atoms with Crippen LogP contribution in [0.15, 0.2) is 35.7 Å². The van der Waals surface area contributed by atoms with E-state index in [9.17, 15) is 4.79 Å². The molecule has 0 saturated carbocycles. The van der Waals surface area contributed by atoms with E-state index in [0.29, 0.717) is 18.8 Å². The van der Waals surface area contributed by atoms with E-state index in [4.69, 9.17) is 0 Å². The number of aromatic amines is 1. The minimum absolute atomic E-state index is 0.0266. The predicted molar refractivity (Wildman–Crippen MR) is 94.2 cm³/mol. The van der Waals surface area contributed by atoms with Crippen LogP contribution in [-0.4, -0.2) is 39.1 Å². The number of rotatable bonds is 2. The molecule has 122 valence electrons. The number of benzene rings is 1. The van der Waals surface area contributed by atoms with Crippen LogP contribution in [0.25, 0.3) is 11.3 Å². The molecule has 1 aromatic carbocycles. The number of fused-ring (bicyclic) bond motifs is 1. The van der Waals surface area contributed by atoms with Crippen molar-refractivity contribution in [3.8, 4) is 11.3 Å². The molecule has 1 amide bonds. The third-order valence-corrected chi connectivity index (χ3v) is 5.16. The molecule has 0 bridgehead atoms. The quantitative estimate of drug-likeness (QED) is 0.781.